The van der Waals surface area contributed by atoms with E-state index in [1.165, 1.54) is 0 Å². The molecule has 0 aliphatic rings. The molecule has 1 nitrogen and oxygen atoms in total. The second kappa shape index (κ2) is 3.68. The molecule has 0 heterocycles. The summed E-state index contributed by atoms with van der Waals surface area (Å²) in [5, 5.41) is 0. The molecule has 0 unspecified atom stereocenters. The molecule has 0 aliphatic heterocycles. The van der Waals surface area contributed by atoms with Crippen molar-refractivity contribution in [1.82, 2.24) is 0 Å². The number of rotatable bonds is 1. The van der Waals surface area contributed by atoms with Gasteiger partial charge in [0.1, 0.15) is 6.26 Å². The first-order chi connectivity index (χ1) is 2.77. The first-order valence-corrected chi connectivity index (χ1v) is 2.90. The minimum atomic E-state index is 0.817. The maximum absolute atomic E-state index is 4.55. The maximum atomic E-state index is 4.55. The van der Waals surface area contributed by atoms with Crippen molar-refractivity contribution in [2.24, 2.45) is 0 Å². The molecule has 36 valence electrons. The minimum absolute atomic E-state index is 0.817. The van der Waals surface area contributed by atoms with Gasteiger partial charge in [-0.25, -0.2) is 0 Å². The Morgan fingerprint density at radius 2 is 2.17 bits per heavy atom. The Kier molecular flexibility index (Phi) is 3.99. The molecule has 0 bridgehead atoms. The van der Waals surface area contributed by atoms with Crippen molar-refractivity contribution in [2.75, 3.05) is 7.11 Å². The Morgan fingerprint density at radius 1 is 1.67 bits per heavy atom. The highest BCUT2D eigenvalue weighted by molar-refractivity contribution is 9.28. The molecule has 0 radical (unpaired) electrons. The van der Waals surface area contributed by atoms with Crippen molar-refractivity contribution >= 4 is 31.9 Å². The van der Waals surface area contributed by atoms with E-state index < -0.39 is 0 Å². The Labute approximate surface area is 53.6 Å². The molecule has 0 fully saturated rings. The summed E-state index contributed by atoms with van der Waals surface area (Å²) in [6, 6.07) is 0. The molecule has 0 N–H and O–H groups in total. The monoisotopic (exact) mass is 214 g/mol. The molecule has 0 aromatic heterocycles. The van der Waals surface area contributed by atoms with Crippen LogP contribution in [0.1, 0.15) is 0 Å². The van der Waals surface area contributed by atoms with Crippen molar-refractivity contribution in [2.45, 2.75) is 0 Å². The SMILES string of the molecule is COC=C(Br)Br. The van der Waals surface area contributed by atoms with Crippen LogP contribution in [-0.4, -0.2) is 7.11 Å². The largest absolute Gasteiger partial charge is 0.503 e. The van der Waals surface area contributed by atoms with Crippen molar-refractivity contribution in [3.05, 3.63) is 9.65 Å². The summed E-state index contributed by atoms with van der Waals surface area (Å²) in [6.45, 7) is 0. The second-order valence-corrected chi connectivity index (χ2v) is 3.42. The van der Waals surface area contributed by atoms with Gasteiger partial charge in [0.05, 0.1) is 10.5 Å². The summed E-state index contributed by atoms with van der Waals surface area (Å²) < 4.78 is 5.36. The van der Waals surface area contributed by atoms with E-state index in [0.717, 1.165) is 3.39 Å². The zero-order valence-electron chi connectivity index (χ0n) is 3.24. The Balaban J connectivity index is 3.14. The molecule has 6 heavy (non-hydrogen) atoms. The summed E-state index contributed by atoms with van der Waals surface area (Å²) in [5.41, 5.74) is 0. The fraction of sp³-hybridized carbons (Fsp3) is 0.333. The number of methoxy groups -OCH3 is 1. The number of hydrogen-bond donors (Lipinski definition) is 0. The highest BCUT2D eigenvalue weighted by atomic mass is 79.9. The van der Waals surface area contributed by atoms with Gasteiger partial charge in [0, 0.05) is 0 Å². The lowest BCUT2D eigenvalue weighted by Gasteiger charge is -1.81. The van der Waals surface area contributed by atoms with Gasteiger partial charge in [-0.3, -0.25) is 0 Å². The van der Waals surface area contributed by atoms with Crippen LogP contribution in [0.2, 0.25) is 0 Å². The molecular formula is C3H4Br2O. The Bertz CT molecular complexity index is 55.8. The third kappa shape index (κ3) is 4.50. The molecular weight excluding hydrogens is 212 g/mol. The van der Waals surface area contributed by atoms with Crippen LogP contribution < -0.4 is 0 Å². The van der Waals surface area contributed by atoms with Gasteiger partial charge in [-0.1, -0.05) is 0 Å². The highest BCUT2D eigenvalue weighted by Crippen LogP contribution is 2.11. The van der Waals surface area contributed by atoms with Gasteiger partial charge >= 0.3 is 0 Å². The molecule has 3 heteroatoms. The van der Waals surface area contributed by atoms with E-state index in [4.69, 9.17) is 0 Å². The fourth-order valence-electron chi connectivity index (χ4n) is 0.0891. The van der Waals surface area contributed by atoms with Crippen LogP contribution in [0.4, 0.5) is 0 Å². The standard InChI is InChI=1S/C3H4Br2O/c1-6-2-3(4)5/h2H,1H3. The van der Waals surface area contributed by atoms with Crippen LogP contribution >= 0.6 is 31.9 Å². The fourth-order valence-corrected chi connectivity index (χ4v) is 0.463. The lowest BCUT2D eigenvalue weighted by atomic mass is 11.1. The molecule has 0 spiro atoms. The summed E-state index contributed by atoms with van der Waals surface area (Å²) >= 11 is 6.17. The third-order valence-corrected chi connectivity index (χ3v) is 0.581. The van der Waals surface area contributed by atoms with Gasteiger partial charge in [0.25, 0.3) is 0 Å². The van der Waals surface area contributed by atoms with Gasteiger partial charge in [-0.2, -0.15) is 0 Å². The minimum Gasteiger partial charge on any atom is -0.503 e. The Hall–Kier alpha value is 0.500. The van der Waals surface area contributed by atoms with Crippen LogP contribution in [0.3, 0.4) is 0 Å². The maximum Gasteiger partial charge on any atom is 0.104 e. The van der Waals surface area contributed by atoms with Crippen LogP contribution in [0.5, 0.6) is 0 Å². The third-order valence-electron chi connectivity index (χ3n) is 0.207. The quantitative estimate of drug-likeness (QED) is 0.610. The summed E-state index contributed by atoms with van der Waals surface area (Å²) in [5.74, 6) is 0. The van der Waals surface area contributed by atoms with E-state index in [1.54, 1.807) is 13.4 Å². The smallest absolute Gasteiger partial charge is 0.104 e. The van der Waals surface area contributed by atoms with Crippen molar-refractivity contribution in [3.8, 4) is 0 Å². The van der Waals surface area contributed by atoms with Crippen molar-refractivity contribution in [3.63, 3.8) is 0 Å². The number of halogens is 2. The number of ether oxygens (including phenoxy) is 1. The number of hydrogen-bond acceptors (Lipinski definition) is 1. The molecule has 0 aromatic rings. The van der Waals surface area contributed by atoms with E-state index in [-0.39, 0.29) is 0 Å². The zero-order chi connectivity index (χ0) is 4.99. The molecule has 0 saturated carbocycles. The highest BCUT2D eigenvalue weighted by Gasteiger charge is 1.73. The molecule has 0 saturated heterocycles. The molecule has 0 amide bonds. The van der Waals surface area contributed by atoms with E-state index in [1.807, 2.05) is 0 Å². The van der Waals surface area contributed by atoms with Crippen LogP contribution in [0.15, 0.2) is 9.65 Å². The van der Waals surface area contributed by atoms with Gasteiger partial charge in [0.2, 0.25) is 0 Å². The lowest BCUT2D eigenvalue weighted by molar-refractivity contribution is 0.338. The molecule has 0 aliphatic carbocycles. The van der Waals surface area contributed by atoms with Crippen LogP contribution in [0, 0.1) is 0 Å². The van der Waals surface area contributed by atoms with E-state index in [2.05, 4.69) is 36.6 Å². The van der Waals surface area contributed by atoms with Gasteiger partial charge in [-0.05, 0) is 31.9 Å². The topological polar surface area (TPSA) is 9.23 Å². The molecule has 0 rings (SSSR count). The lowest BCUT2D eigenvalue weighted by Crippen LogP contribution is -1.60. The van der Waals surface area contributed by atoms with Gasteiger partial charge in [0.15, 0.2) is 0 Å². The average molecular weight is 216 g/mol. The van der Waals surface area contributed by atoms with Crippen LogP contribution in [0.25, 0.3) is 0 Å². The first-order valence-electron chi connectivity index (χ1n) is 1.31. The average Bonchev–Trinajstić information content (AvgIpc) is 1.35. The summed E-state index contributed by atoms with van der Waals surface area (Å²) in [7, 11) is 1.59. The van der Waals surface area contributed by atoms with Crippen LogP contribution in [-0.2, 0) is 4.74 Å². The Morgan fingerprint density at radius 3 is 2.17 bits per heavy atom. The van der Waals surface area contributed by atoms with Crippen molar-refractivity contribution in [1.29, 1.82) is 0 Å². The summed E-state index contributed by atoms with van der Waals surface area (Å²) in [6.07, 6.45) is 1.54. The van der Waals surface area contributed by atoms with Gasteiger partial charge < -0.3 is 4.74 Å². The zero-order valence-corrected chi connectivity index (χ0v) is 6.41. The predicted octanol–water partition coefficient (Wildman–Crippen LogP) is 2.22. The normalized spacial score (nSPS) is 7.17. The predicted molar refractivity (Wildman–Crippen MR) is 32.9 cm³/mol. The van der Waals surface area contributed by atoms with E-state index in [9.17, 15) is 0 Å². The van der Waals surface area contributed by atoms with E-state index >= 15 is 0 Å². The first kappa shape index (κ1) is 6.50. The second-order valence-electron chi connectivity index (χ2n) is 0.643. The molecule has 0 atom stereocenters. The van der Waals surface area contributed by atoms with Gasteiger partial charge in [-0.15, -0.1) is 0 Å². The van der Waals surface area contributed by atoms with Crippen molar-refractivity contribution < 1.29 is 4.74 Å². The summed E-state index contributed by atoms with van der Waals surface area (Å²) in [4.78, 5) is 0. The molecule has 0 aromatic carbocycles. The van der Waals surface area contributed by atoms with E-state index in [0.29, 0.717) is 0 Å².